The predicted molar refractivity (Wildman–Crippen MR) is 150 cm³/mol. The summed E-state index contributed by atoms with van der Waals surface area (Å²) in [6.07, 6.45) is 6.34. The molecule has 1 heterocycles. The summed E-state index contributed by atoms with van der Waals surface area (Å²) in [5, 5.41) is 12.5. The summed E-state index contributed by atoms with van der Waals surface area (Å²) in [5.41, 5.74) is 4.39. The van der Waals surface area contributed by atoms with Gasteiger partial charge < -0.3 is 26.0 Å². The third kappa shape index (κ3) is 10.5. The monoisotopic (exact) mass is 538 g/mol. The van der Waals surface area contributed by atoms with Crippen LogP contribution in [0.25, 0.3) is 0 Å². The number of carboxylic acids is 1. The molecule has 2 atom stereocenters. The molecule has 0 bridgehead atoms. The van der Waals surface area contributed by atoms with Gasteiger partial charge in [0.1, 0.15) is 0 Å². The minimum atomic E-state index is -1.02. The lowest BCUT2D eigenvalue weighted by molar-refractivity contribution is -0.153. The van der Waals surface area contributed by atoms with Gasteiger partial charge in [-0.05, 0) is 38.5 Å². The van der Waals surface area contributed by atoms with Crippen molar-refractivity contribution in [3.63, 3.8) is 0 Å². The van der Waals surface area contributed by atoms with E-state index in [1.165, 1.54) is 19.3 Å². The molecule has 1 aliphatic heterocycles. The van der Waals surface area contributed by atoms with Crippen molar-refractivity contribution in [1.82, 2.24) is 15.1 Å². The van der Waals surface area contributed by atoms with E-state index < -0.39 is 22.8 Å². The molecular formula is C29H54N4O5. The number of amides is 3. The fourth-order valence-electron chi connectivity index (χ4n) is 5.26. The van der Waals surface area contributed by atoms with E-state index in [4.69, 9.17) is 5.73 Å². The second kappa shape index (κ2) is 14.3. The molecule has 0 saturated carbocycles. The van der Waals surface area contributed by atoms with Gasteiger partial charge >= 0.3 is 5.97 Å². The summed E-state index contributed by atoms with van der Waals surface area (Å²) < 4.78 is 0. The highest BCUT2D eigenvalue weighted by molar-refractivity contribution is 5.85. The number of piperazine rings is 1. The van der Waals surface area contributed by atoms with E-state index in [1.54, 1.807) is 44.4 Å². The number of nitrogens with zero attached hydrogens (tertiary/aromatic N) is 2. The number of hydrogen-bond donors (Lipinski definition) is 3. The molecule has 3 amide bonds. The van der Waals surface area contributed by atoms with Gasteiger partial charge in [-0.3, -0.25) is 19.2 Å². The van der Waals surface area contributed by atoms with Crippen LogP contribution in [0.15, 0.2) is 0 Å². The zero-order valence-electron chi connectivity index (χ0n) is 25.2. The Kier molecular flexibility index (Phi) is 12.7. The molecule has 220 valence electrons. The standard InChI is InChI=1S/C29H54N4O5/c1-9-10-11-12-13-27(3,4)20-31-23(34)21(2)18-22(30)24(35)32-14-16-33(17-15-32)25(36)28(5,6)19-29(7,8)26(37)38/h21-22H,9-20,30H2,1-8H3,(H,31,34)(H,37,38). The maximum Gasteiger partial charge on any atom is 0.309 e. The van der Waals surface area contributed by atoms with Crippen LogP contribution in [0.2, 0.25) is 0 Å². The minimum Gasteiger partial charge on any atom is -0.481 e. The minimum absolute atomic E-state index is 0.0239. The lowest BCUT2D eigenvalue weighted by atomic mass is 9.74. The maximum absolute atomic E-state index is 13.1. The smallest absolute Gasteiger partial charge is 0.309 e. The number of nitrogens with one attached hydrogen (secondary N) is 1. The van der Waals surface area contributed by atoms with E-state index in [0.29, 0.717) is 32.7 Å². The Morgan fingerprint density at radius 1 is 0.895 bits per heavy atom. The van der Waals surface area contributed by atoms with E-state index in [9.17, 15) is 24.3 Å². The zero-order valence-corrected chi connectivity index (χ0v) is 25.2. The van der Waals surface area contributed by atoms with Gasteiger partial charge in [0.15, 0.2) is 0 Å². The van der Waals surface area contributed by atoms with Crippen molar-refractivity contribution in [3.8, 4) is 0 Å². The lowest BCUT2D eigenvalue weighted by Gasteiger charge is -2.40. The first-order chi connectivity index (χ1) is 17.4. The predicted octanol–water partition coefficient (Wildman–Crippen LogP) is 3.65. The highest BCUT2D eigenvalue weighted by atomic mass is 16.4. The van der Waals surface area contributed by atoms with Crippen LogP contribution < -0.4 is 11.1 Å². The Balaban J connectivity index is 2.53. The quantitative estimate of drug-likeness (QED) is 0.273. The number of aliphatic carboxylic acids is 1. The second-order valence-corrected chi connectivity index (χ2v) is 13.3. The number of rotatable bonds is 15. The van der Waals surface area contributed by atoms with Crippen molar-refractivity contribution in [3.05, 3.63) is 0 Å². The number of unbranched alkanes of at least 4 members (excludes halogenated alkanes) is 3. The van der Waals surface area contributed by atoms with E-state index in [-0.39, 0.29) is 41.9 Å². The summed E-state index contributed by atoms with van der Waals surface area (Å²) in [7, 11) is 0. The van der Waals surface area contributed by atoms with Crippen LogP contribution in [0, 0.1) is 22.2 Å². The molecule has 0 aromatic carbocycles. The first-order valence-corrected chi connectivity index (χ1v) is 14.3. The number of carbonyl (C=O) groups is 4. The Bertz CT molecular complexity index is 816. The van der Waals surface area contributed by atoms with Crippen molar-refractivity contribution in [2.75, 3.05) is 32.7 Å². The molecule has 4 N–H and O–H groups in total. The van der Waals surface area contributed by atoms with Crippen molar-refractivity contribution in [2.24, 2.45) is 27.9 Å². The third-order valence-electron chi connectivity index (χ3n) is 7.74. The summed E-state index contributed by atoms with van der Waals surface area (Å²) in [4.78, 5) is 53.7. The largest absolute Gasteiger partial charge is 0.481 e. The van der Waals surface area contributed by atoms with Crippen molar-refractivity contribution >= 4 is 23.7 Å². The molecule has 9 nitrogen and oxygen atoms in total. The van der Waals surface area contributed by atoms with Crippen LogP contribution >= 0.6 is 0 Å². The van der Waals surface area contributed by atoms with Crippen LogP contribution in [0.3, 0.4) is 0 Å². The van der Waals surface area contributed by atoms with Crippen molar-refractivity contribution in [2.45, 2.75) is 106 Å². The van der Waals surface area contributed by atoms with Crippen LogP contribution in [0.4, 0.5) is 0 Å². The topological polar surface area (TPSA) is 133 Å². The van der Waals surface area contributed by atoms with Gasteiger partial charge in [0.2, 0.25) is 17.7 Å². The molecule has 0 aromatic heterocycles. The molecule has 0 radical (unpaired) electrons. The molecule has 1 rings (SSSR count). The summed E-state index contributed by atoms with van der Waals surface area (Å²) in [5.74, 6) is -1.72. The molecule has 1 saturated heterocycles. The average Bonchev–Trinajstić information content (AvgIpc) is 2.83. The van der Waals surface area contributed by atoms with Crippen LogP contribution in [0.1, 0.15) is 100 Å². The fraction of sp³-hybridized carbons (Fsp3) is 0.862. The molecule has 38 heavy (non-hydrogen) atoms. The van der Waals surface area contributed by atoms with Crippen molar-refractivity contribution in [1.29, 1.82) is 0 Å². The fourth-order valence-corrected chi connectivity index (χ4v) is 5.26. The number of hydrogen-bond acceptors (Lipinski definition) is 5. The normalized spacial score (nSPS) is 16.7. The van der Waals surface area contributed by atoms with Crippen LogP contribution in [-0.2, 0) is 19.2 Å². The second-order valence-electron chi connectivity index (χ2n) is 13.3. The molecule has 1 aliphatic rings. The molecule has 0 aromatic rings. The Morgan fingerprint density at radius 2 is 1.45 bits per heavy atom. The number of carboxylic acid groups (broad SMARTS) is 1. The average molecular weight is 539 g/mol. The third-order valence-corrected chi connectivity index (χ3v) is 7.74. The zero-order chi connectivity index (χ0) is 29.3. The Labute approximate surface area is 230 Å². The first kappa shape index (κ1) is 33.9. The molecule has 0 spiro atoms. The van der Waals surface area contributed by atoms with E-state index in [1.807, 2.05) is 0 Å². The summed E-state index contributed by atoms with van der Waals surface area (Å²) in [6.45, 7) is 17.2. The highest BCUT2D eigenvalue weighted by Gasteiger charge is 2.41. The molecule has 0 aliphatic carbocycles. The number of carbonyl (C=O) groups excluding carboxylic acids is 3. The van der Waals surface area contributed by atoms with Gasteiger partial charge in [0.05, 0.1) is 11.5 Å². The summed E-state index contributed by atoms with van der Waals surface area (Å²) >= 11 is 0. The van der Waals surface area contributed by atoms with E-state index >= 15 is 0 Å². The molecule has 2 unspecified atom stereocenters. The van der Waals surface area contributed by atoms with Crippen LogP contribution in [-0.4, -0.2) is 77.4 Å². The van der Waals surface area contributed by atoms with Gasteiger partial charge in [-0.1, -0.05) is 67.2 Å². The van der Waals surface area contributed by atoms with Crippen molar-refractivity contribution < 1.29 is 24.3 Å². The van der Waals surface area contributed by atoms with E-state index in [2.05, 4.69) is 26.1 Å². The molecular weight excluding hydrogens is 484 g/mol. The SMILES string of the molecule is CCCCCCC(C)(C)CNC(=O)C(C)CC(N)C(=O)N1CCN(C(=O)C(C)(C)CC(C)(C)C(=O)O)CC1. The lowest BCUT2D eigenvalue weighted by Crippen LogP contribution is -2.56. The van der Waals surface area contributed by atoms with Gasteiger partial charge in [0, 0.05) is 44.1 Å². The van der Waals surface area contributed by atoms with Gasteiger partial charge in [-0.2, -0.15) is 0 Å². The Morgan fingerprint density at radius 3 is 1.97 bits per heavy atom. The van der Waals surface area contributed by atoms with Gasteiger partial charge in [-0.15, -0.1) is 0 Å². The number of nitrogens with two attached hydrogens (primary N) is 1. The van der Waals surface area contributed by atoms with Gasteiger partial charge in [0.25, 0.3) is 0 Å². The maximum atomic E-state index is 13.1. The summed E-state index contributed by atoms with van der Waals surface area (Å²) in [6, 6.07) is -0.784. The highest BCUT2D eigenvalue weighted by Crippen LogP contribution is 2.35. The Hall–Kier alpha value is -2.16. The van der Waals surface area contributed by atoms with Crippen LogP contribution in [0.5, 0.6) is 0 Å². The van der Waals surface area contributed by atoms with E-state index in [0.717, 1.165) is 12.8 Å². The molecule has 1 fully saturated rings. The first-order valence-electron chi connectivity index (χ1n) is 14.3. The molecule has 9 heteroatoms. The van der Waals surface area contributed by atoms with Gasteiger partial charge in [-0.25, -0.2) is 0 Å².